The number of piperidine rings is 1. The minimum absolute atomic E-state index is 0.0111. The molecule has 1 aliphatic carbocycles. The molecule has 2 atom stereocenters. The lowest BCUT2D eigenvalue weighted by Gasteiger charge is -2.36. The van der Waals surface area contributed by atoms with Crippen molar-refractivity contribution < 1.29 is 24.2 Å². The number of aliphatic carboxylic acids is 1. The first-order chi connectivity index (χ1) is 16.0. The van der Waals surface area contributed by atoms with Gasteiger partial charge in [-0.25, -0.2) is 4.79 Å². The summed E-state index contributed by atoms with van der Waals surface area (Å²) in [6.45, 7) is 2.67. The molecule has 33 heavy (non-hydrogen) atoms. The van der Waals surface area contributed by atoms with Gasteiger partial charge in [0.25, 0.3) is 0 Å². The van der Waals surface area contributed by atoms with Crippen LogP contribution in [0.3, 0.4) is 0 Å². The maximum Gasteiger partial charge on any atom is 0.407 e. The van der Waals surface area contributed by atoms with Crippen molar-refractivity contribution in [1.82, 2.24) is 10.2 Å². The molecule has 172 valence electrons. The Bertz CT molecular complexity index is 1030. The third kappa shape index (κ3) is 4.77. The number of nitrogens with zero attached hydrogens (tertiary/aromatic N) is 1. The summed E-state index contributed by atoms with van der Waals surface area (Å²) in [5, 5.41) is 11.9. The lowest BCUT2D eigenvalue weighted by atomic mass is 9.90. The highest BCUT2D eigenvalue weighted by Gasteiger charge is 2.34. The summed E-state index contributed by atoms with van der Waals surface area (Å²) >= 11 is 0. The second-order valence-corrected chi connectivity index (χ2v) is 8.47. The highest BCUT2D eigenvalue weighted by Crippen LogP contribution is 2.44. The van der Waals surface area contributed by atoms with E-state index in [4.69, 9.17) is 4.74 Å². The summed E-state index contributed by atoms with van der Waals surface area (Å²) in [5.74, 6) is -1.68. The van der Waals surface area contributed by atoms with Crippen molar-refractivity contribution >= 4 is 18.0 Å². The predicted molar refractivity (Wildman–Crippen MR) is 124 cm³/mol. The van der Waals surface area contributed by atoms with E-state index in [0.717, 1.165) is 11.1 Å². The number of hydrogen-bond donors (Lipinski definition) is 2. The first-order valence-electron chi connectivity index (χ1n) is 11.3. The predicted octanol–water partition coefficient (Wildman–Crippen LogP) is 3.79. The maximum absolute atomic E-state index is 12.5. The highest BCUT2D eigenvalue weighted by atomic mass is 16.5. The summed E-state index contributed by atoms with van der Waals surface area (Å²) < 4.78 is 5.48. The Balaban J connectivity index is 1.27. The van der Waals surface area contributed by atoms with Crippen LogP contribution in [-0.2, 0) is 14.3 Å². The number of alkyl carbamates (subject to hydrolysis) is 1. The second-order valence-electron chi connectivity index (χ2n) is 8.47. The van der Waals surface area contributed by atoms with Crippen LogP contribution in [-0.4, -0.2) is 53.7 Å². The van der Waals surface area contributed by atoms with E-state index in [0.29, 0.717) is 19.4 Å². The number of carbonyl (C=O) groups excluding carboxylic acids is 2. The average molecular weight is 449 g/mol. The minimum atomic E-state index is -0.874. The monoisotopic (exact) mass is 448 g/mol. The van der Waals surface area contributed by atoms with Crippen molar-refractivity contribution in [3.8, 4) is 11.1 Å². The average Bonchev–Trinajstić information content (AvgIpc) is 3.14. The molecule has 2 N–H and O–H groups in total. The molecular formula is C26H28N2O5. The Hall–Kier alpha value is -3.61. The van der Waals surface area contributed by atoms with E-state index in [1.165, 1.54) is 17.2 Å². The van der Waals surface area contributed by atoms with Crippen molar-refractivity contribution in [1.29, 1.82) is 0 Å². The molecule has 1 aliphatic heterocycles. The summed E-state index contributed by atoms with van der Waals surface area (Å²) in [5.41, 5.74) is 4.63. The van der Waals surface area contributed by atoms with Gasteiger partial charge in [0.1, 0.15) is 6.61 Å². The number of nitrogens with one attached hydrogen (secondary N) is 1. The lowest BCUT2D eigenvalue weighted by molar-refractivity contribution is -0.147. The number of ether oxygens (including phenoxy) is 1. The fourth-order valence-corrected chi connectivity index (χ4v) is 4.83. The molecule has 4 rings (SSSR count). The molecule has 1 heterocycles. The van der Waals surface area contributed by atoms with Gasteiger partial charge in [0.15, 0.2) is 0 Å². The number of likely N-dealkylation sites (tertiary alicyclic amines) is 1. The minimum Gasteiger partial charge on any atom is -0.481 e. The van der Waals surface area contributed by atoms with Crippen LogP contribution in [0.25, 0.3) is 11.1 Å². The Morgan fingerprint density at radius 2 is 1.73 bits per heavy atom. The van der Waals surface area contributed by atoms with Gasteiger partial charge in [-0.2, -0.15) is 0 Å². The molecule has 2 aliphatic rings. The van der Waals surface area contributed by atoms with Crippen molar-refractivity contribution in [2.75, 3.05) is 19.7 Å². The van der Waals surface area contributed by atoms with E-state index >= 15 is 0 Å². The molecule has 7 nitrogen and oxygen atoms in total. The lowest BCUT2D eigenvalue weighted by Crippen LogP contribution is -2.48. The summed E-state index contributed by atoms with van der Waals surface area (Å²) in [6.07, 6.45) is 3.63. The van der Waals surface area contributed by atoms with Gasteiger partial charge < -0.3 is 20.1 Å². The van der Waals surface area contributed by atoms with Gasteiger partial charge in [-0.05, 0) is 42.0 Å². The number of benzene rings is 2. The maximum atomic E-state index is 12.5. The summed E-state index contributed by atoms with van der Waals surface area (Å²) in [4.78, 5) is 37.6. The molecule has 0 saturated carbocycles. The van der Waals surface area contributed by atoms with E-state index in [2.05, 4.69) is 29.6 Å². The molecule has 0 spiro atoms. The Morgan fingerprint density at radius 3 is 2.36 bits per heavy atom. The molecule has 2 unspecified atom stereocenters. The molecule has 2 aromatic rings. The van der Waals surface area contributed by atoms with E-state index in [-0.39, 0.29) is 31.0 Å². The van der Waals surface area contributed by atoms with Crippen LogP contribution in [0.4, 0.5) is 4.79 Å². The molecule has 2 aromatic carbocycles. The zero-order chi connectivity index (χ0) is 23.4. The molecule has 7 heteroatoms. The van der Waals surface area contributed by atoms with Gasteiger partial charge in [-0.1, -0.05) is 54.6 Å². The fourth-order valence-electron chi connectivity index (χ4n) is 4.83. The Labute approximate surface area is 193 Å². The molecule has 0 bridgehead atoms. The number of carbonyl (C=O) groups is 3. The molecule has 0 radical (unpaired) electrons. The third-order valence-corrected chi connectivity index (χ3v) is 6.56. The fraction of sp³-hybridized carbons (Fsp3) is 0.346. The number of carboxylic acid groups (broad SMARTS) is 1. The normalized spacial score (nSPS) is 19.7. The van der Waals surface area contributed by atoms with Crippen LogP contribution in [0.1, 0.15) is 36.8 Å². The molecule has 1 fully saturated rings. The molecular weight excluding hydrogens is 420 g/mol. The van der Waals surface area contributed by atoms with Gasteiger partial charge in [0.2, 0.25) is 5.91 Å². The van der Waals surface area contributed by atoms with Crippen LogP contribution in [0.5, 0.6) is 0 Å². The first-order valence-corrected chi connectivity index (χ1v) is 11.3. The van der Waals surface area contributed by atoms with E-state index in [1.54, 1.807) is 17.9 Å². The van der Waals surface area contributed by atoms with Gasteiger partial charge in [0.05, 0.1) is 5.92 Å². The molecule has 0 aromatic heterocycles. The first kappa shape index (κ1) is 22.6. The van der Waals surface area contributed by atoms with Crippen LogP contribution >= 0.6 is 0 Å². The number of rotatable bonds is 6. The zero-order valence-corrected chi connectivity index (χ0v) is 18.6. The summed E-state index contributed by atoms with van der Waals surface area (Å²) in [6, 6.07) is 15.9. The van der Waals surface area contributed by atoms with E-state index in [9.17, 15) is 19.5 Å². The van der Waals surface area contributed by atoms with Gasteiger partial charge in [0, 0.05) is 31.1 Å². The van der Waals surface area contributed by atoms with Gasteiger partial charge >= 0.3 is 12.1 Å². The van der Waals surface area contributed by atoms with Crippen LogP contribution in [0.15, 0.2) is 60.7 Å². The largest absolute Gasteiger partial charge is 0.481 e. The van der Waals surface area contributed by atoms with Crippen LogP contribution in [0.2, 0.25) is 0 Å². The highest BCUT2D eigenvalue weighted by molar-refractivity contribution is 5.88. The van der Waals surface area contributed by atoms with Crippen molar-refractivity contribution in [3.63, 3.8) is 0 Å². The number of carboxylic acids is 1. The van der Waals surface area contributed by atoms with Crippen LogP contribution in [0, 0.1) is 5.92 Å². The smallest absolute Gasteiger partial charge is 0.407 e. The topological polar surface area (TPSA) is 95.9 Å². The summed E-state index contributed by atoms with van der Waals surface area (Å²) in [7, 11) is 0. The van der Waals surface area contributed by atoms with Crippen LogP contribution < -0.4 is 5.32 Å². The third-order valence-electron chi connectivity index (χ3n) is 6.56. The van der Waals surface area contributed by atoms with Crippen molar-refractivity contribution in [3.05, 3.63) is 71.8 Å². The Kier molecular flexibility index (Phi) is 6.77. The van der Waals surface area contributed by atoms with E-state index in [1.807, 2.05) is 24.3 Å². The van der Waals surface area contributed by atoms with Gasteiger partial charge in [-0.3, -0.25) is 9.59 Å². The SMILES string of the molecule is CC1C(C(=O)O)CCCN1C(=O)/C=C/CNC(=O)OCC1c2ccccc2-c2ccccc21. The molecule has 2 amide bonds. The number of hydrogen-bond acceptors (Lipinski definition) is 4. The zero-order valence-electron chi connectivity index (χ0n) is 18.6. The number of fused-ring (bicyclic) bond motifs is 3. The standard InChI is InChI=1S/C26H28N2O5/c1-17-18(25(30)31)12-7-15-28(17)24(29)13-6-14-27-26(32)33-16-23-21-10-4-2-8-19(21)20-9-3-5-11-22(20)23/h2-6,8-11,13,17-18,23H,7,12,14-16H2,1H3,(H,27,32)(H,30,31)/b13-6+. The second kappa shape index (κ2) is 9.90. The Morgan fingerprint density at radius 1 is 1.09 bits per heavy atom. The van der Waals surface area contributed by atoms with Gasteiger partial charge in [-0.15, -0.1) is 0 Å². The van der Waals surface area contributed by atoms with Crippen molar-refractivity contribution in [2.24, 2.45) is 5.92 Å². The van der Waals surface area contributed by atoms with Crippen molar-refractivity contribution in [2.45, 2.75) is 31.7 Å². The quantitative estimate of drug-likeness (QED) is 0.656. The number of amides is 2. The van der Waals surface area contributed by atoms with E-state index < -0.39 is 18.0 Å². The molecule has 1 saturated heterocycles.